The third-order valence-electron chi connectivity index (χ3n) is 2.44. The van der Waals surface area contributed by atoms with Gasteiger partial charge in [0.2, 0.25) is 11.8 Å². The molecular formula is C11H9BrN2O. The number of aromatic nitrogens is 2. The minimum absolute atomic E-state index is 0.512. The Morgan fingerprint density at radius 3 is 2.87 bits per heavy atom. The van der Waals surface area contributed by atoms with Gasteiger partial charge in [-0.3, -0.25) is 0 Å². The Bertz CT molecular complexity index is 491. The van der Waals surface area contributed by atoms with Crippen LogP contribution in [0.25, 0.3) is 11.5 Å². The van der Waals surface area contributed by atoms with Crippen molar-refractivity contribution in [2.75, 3.05) is 0 Å². The van der Waals surface area contributed by atoms with E-state index in [1.807, 2.05) is 24.3 Å². The fourth-order valence-electron chi connectivity index (χ4n) is 1.47. The molecule has 0 unspecified atom stereocenters. The Kier molecular flexibility index (Phi) is 2.09. The molecule has 0 N–H and O–H groups in total. The molecule has 3 nitrogen and oxygen atoms in total. The maximum atomic E-state index is 5.61. The van der Waals surface area contributed by atoms with Crippen molar-refractivity contribution >= 4 is 15.9 Å². The predicted octanol–water partition coefficient (Wildman–Crippen LogP) is 3.38. The van der Waals surface area contributed by atoms with Crippen LogP contribution in [0.3, 0.4) is 0 Å². The van der Waals surface area contributed by atoms with Gasteiger partial charge in [0.05, 0.1) is 0 Å². The van der Waals surface area contributed by atoms with Crippen LogP contribution in [0.1, 0.15) is 24.7 Å². The standard InChI is InChI=1S/C11H9BrN2O/c12-9-3-1-2-8(6-9)11-14-13-10(15-11)7-4-5-7/h1-3,6-7H,4-5H2. The molecule has 3 rings (SSSR count). The van der Waals surface area contributed by atoms with E-state index in [2.05, 4.69) is 26.1 Å². The van der Waals surface area contributed by atoms with Crippen molar-refractivity contribution in [2.24, 2.45) is 0 Å². The number of hydrogen-bond acceptors (Lipinski definition) is 3. The summed E-state index contributed by atoms with van der Waals surface area (Å²) < 4.78 is 6.63. The van der Waals surface area contributed by atoms with Gasteiger partial charge < -0.3 is 4.42 Å². The third-order valence-corrected chi connectivity index (χ3v) is 2.93. The van der Waals surface area contributed by atoms with Gasteiger partial charge >= 0.3 is 0 Å². The molecule has 76 valence electrons. The molecule has 0 amide bonds. The quantitative estimate of drug-likeness (QED) is 0.835. The maximum absolute atomic E-state index is 5.61. The number of hydrogen-bond donors (Lipinski definition) is 0. The Morgan fingerprint density at radius 1 is 1.27 bits per heavy atom. The van der Waals surface area contributed by atoms with E-state index in [4.69, 9.17) is 4.42 Å². The number of benzene rings is 1. The molecule has 1 aromatic carbocycles. The Labute approximate surface area is 95.6 Å². The normalized spacial score (nSPS) is 15.5. The van der Waals surface area contributed by atoms with E-state index in [0.29, 0.717) is 11.8 Å². The van der Waals surface area contributed by atoms with Crippen molar-refractivity contribution in [2.45, 2.75) is 18.8 Å². The van der Waals surface area contributed by atoms with E-state index in [1.165, 1.54) is 12.8 Å². The van der Waals surface area contributed by atoms with Crippen molar-refractivity contribution in [3.05, 3.63) is 34.6 Å². The van der Waals surface area contributed by atoms with Gasteiger partial charge in [-0.1, -0.05) is 22.0 Å². The molecule has 1 aliphatic carbocycles. The first-order valence-electron chi connectivity index (χ1n) is 4.92. The molecular weight excluding hydrogens is 256 g/mol. The molecule has 0 atom stereocenters. The average Bonchev–Trinajstić information content (AvgIpc) is 2.97. The van der Waals surface area contributed by atoms with Crippen LogP contribution in [0.4, 0.5) is 0 Å². The molecule has 15 heavy (non-hydrogen) atoms. The van der Waals surface area contributed by atoms with Crippen LogP contribution in [0.2, 0.25) is 0 Å². The lowest BCUT2D eigenvalue weighted by Gasteiger charge is -1.94. The molecule has 1 fully saturated rings. The summed E-state index contributed by atoms with van der Waals surface area (Å²) in [6.07, 6.45) is 2.36. The zero-order valence-corrected chi connectivity index (χ0v) is 9.57. The Morgan fingerprint density at radius 2 is 2.13 bits per heavy atom. The Hall–Kier alpha value is -1.16. The van der Waals surface area contributed by atoms with Crippen molar-refractivity contribution in [3.8, 4) is 11.5 Å². The zero-order chi connectivity index (χ0) is 10.3. The van der Waals surface area contributed by atoms with E-state index in [1.54, 1.807) is 0 Å². The van der Waals surface area contributed by atoms with Crippen LogP contribution in [0, 0.1) is 0 Å². The van der Waals surface area contributed by atoms with Gasteiger partial charge in [0, 0.05) is 16.0 Å². The molecule has 0 aliphatic heterocycles. The van der Waals surface area contributed by atoms with E-state index in [9.17, 15) is 0 Å². The molecule has 1 heterocycles. The maximum Gasteiger partial charge on any atom is 0.247 e. The van der Waals surface area contributed by atoms with Gasteiger partial charge in [0.15, 0.2) is 0 Å². The summed E-state index contributed by atoms with van der Waals surface area (Å²) >= 11 is 3.42. The lowest BCUT2D eigenvalue weighted by atomic mass is 10.2. The lowest BCUT2D eigenvalue weighted by Crippen LogP contribution is -1.77. The highest BCUT2D eigenvalue weighted by atomic mass is 79.9. The molecule has 0 radical (unpaired) electrons. The highest BCUT2D eigenvalue weighted by Gasteiger charge is 2.29. The molecule has 0 saturated heterocycles. The highest BCUT2D eigenvalue weighted by Crippen LogP contribution is 2.39. The second kappa shape index (κ2) is 3.45. The van der Waals surface area contributed by atoms with Gasteiger partial charge in [-0.2, -0.15) is 0 Å². The van der Waals surface area contributed by atoms with Gasteiger partial charge in [-0.25, -0.2) is 0 Å². The number of halogens is 1. The number of rotatable bonds is 2. The lowest BCUT2D eigenvalue weighted by molar-refractivity contribution is 0.508. The van der Waals surface area contributed by atoms with Crippen LogP contribution < -0.4 is 0 Å². The van der Waals surface area contributed by atoms with Crippen LogP contribution >= 0.6 is 15.9 Å². The fraction of sp³-hybridized carbons (Fsp3) is 0.273. The minimum atomic E-state index is 0.512. The SMILES string of the molecule is Brc1cccc(-c2nnc(C3CC3)o2)c1. The van der Waals surface area contributed by atoms with Crippen LogP contribution in [0.5, 0.6) is 0 Å². The first-order valence-corrected chi connectivity index (χ1v) is 5.71. The molecule has 0 bridgehead atoms. The molecule has 1 aliphatic rings. The van der Waals surface area contributed by atoms with Crippen molar-refractivity contribution in [1.82, 2.24) is 10.2 Å². The van der Waals surface area contributed by atoms with Crippen molar-refractivity contribution in [1.29, 1.82) is 0 Å². The summed E-state index contributed by atoms with van der Waals surface area (Å²) in [6.45, 7) is 0. The van der Waals surface area contributed by atoms with Gasteiger partial charge in [0.1, 0.15) is 0 Å². The van der Waals surface area contributed by atoms with E-state index < -0.39 is 0 Å². The Balaban J connectivity index is 1.97. The van der Waals surface area contributed by atoms with Crippen molar-refractivity contribution in [3.63, 3.8) is 0 Å². The fourth-order valence-corrected chi connectivity index (χ4v) is 1.87. The molecule has 1 saturated carbocycles. The highest BCUT2D eigenvalue weighted by molar-refractivity contribution is 9.10. The smallest absolute Gasteiger partial charge is 0.247 e. The summed E-state index contributed by atoms with van der Waals surface area (Å²) in [5, 5.41) is 8.10. The molecule has 4 heteroatoms. The van der Waals surface area contributed by atoms with Crippen LogP contribution in [0.15, 0.2) is 33.2 Å². The largest absolute Gasteiger partial charge is 0.420 e. The number of nitrogens with zero attached hydrogens (tertiary/aromatic N) is 2. The second-order valence-electron chi connectivity index (χ2n) is 3.73. The first-order chi connectivity index (χ1) is 7.33. The molecule has 1 aromatic heterocycles. The second-order valence-corrected chi connectivity index (χ2v) is 4.65. The minimum Gasteiger partial charge on any atom is -0.420 e. The summed E-state index contributed by atoms with van der Waals surface area (Å²) in [6, 6.07) is 7.88. The van der Waals surface area contributed by atoms with Gasteiger partial charge in [-0.05, 0) is 31.0 Å². The summed E-state index contributed by atoms with van der Waals surface area (Å²) in [5.41, 5.74) is 0.962. The summed E-state index contributed by atoms with van der Waals surface area (Å²) in [5.74, 6) is 1.90. The average molecular weight is 265 g/mol. The van der Waals surface area contributed by atoms with Gasteiger partial charge in [-0.15, -0.1) is 10.2 Å². The summed E-state index contributed by atoms with van der Waals surface area (Å²) in [7, 11) is 0. The predicted molar refractivity (Wildman–Crippen MR) is 59.4 cm³/mol. The van der Waals surface area contributed by atoms with Gasteiger partial charge in [0.25, 0.3) is 0 Å². The molecule has 0 spiro atoms. The third kappa shape index (κ3) is 1.81. The molecule has 2 aromatic rings. The van der Waals surface area contributed by atoms with E-state index in [0.717, 1.165) is 15.9 Å². The van der Waals surface area contributed by atoms with E-state index in [-0.39, 0.29) is 0 Å². The zero-order valence-electron chi connectivity index (χ0n) is 7.98. The monoisotopic (exact) mass is 264 g/mol. The van der Waals surface area contributed by atoms with Crippen LogP contribution in [-0.2, 0) is 0 Å². The van der Waals surface area contributed by atoms with E-state index >= 15 is 0 Å². The van der Waals surface area contributed by atoms with Crippen LogP contribution in [-0.4, -0.2) is 10.2 Å². The topological polar surface area (TPSA) is 38.9 Å². The summed E-state index contributed by atoms with van der Waals surface area (Å²) in [4.78, 5) is 0. The first kappa shape index (κ1) is 9.09. The van der Waals surface area contributed by atoms with Crippen molar-refractivity contribution < 1.29 is 4.42 Å².